The van der Waals surface area contributed by atoms with Crippen molar-refractivity contribution in [3.05, 3.63) is 59.1 Å². The van der Waals surface area contributed by atoms with Crippen molar-refractivity contribution in [2.75, 3.05) is 0 Å². The minimum Gasteiger partial charge on any atom is -0.435 e. The molecular formula is C16H11ClF2N2O2S. The SMILES string of the molecule is FC(F)Oc1ccccc1CSc1nnc(-c2ccc(Cl)cc2)o1. The number of alkyl halides is 2. The van der Waals surface area contributed by atoms with Crippen molar-refractivity contribution in [2.24, 2.45) is 0 Å². The van der Waals surface area contributed by atoms with E-state index in [0.29, 0.717) is 27.5 Å². The van der Waals surface area contributed by atoms with E-state index in [9.17, 15) is 8.78 Å². The maximum absolute atomic E-state index is 12.4. The molecule has 0 aliphatic carbocycles. The Balaban J connectivity index is 1.69. The van der Waals surface area contributed by atoms with E-state index in [1.165, 1.54) is 17.8 Å². The van der Waals surface area contributed by atoms with Crippen LogP contribution in [0.4, 0.5) is 8.78 Å². The zero-order valence-corrected chi connectivity index (χ0v) is 13.7. The molecule has 124 valence electrons. The molecule has 1 aromatic heterocycles. The van der Waals surface area contributed by atoms with Crippen LogP contribution in [0.3, 0.4) is 0 Å². The molecule has 3 aromatic rings. The lowest BCUT2D eigenvalue weighted by Gasteiger charge is -2.09. The number of aromatic nitrogens is 2. The summed E-state index contributed by atoms with van der Waals surface area (Å²) in [6.07, 6.45) is 0. The summed E-state index contributed by atoms with van der Waals surface area (Å²) >= 11 is 7.08. The number of thioether (sulfide) groups is 1. The molecular weight excluding hydrogens is 358 g/mol. The molecule has 0 fully saturated rings. The maximum atomic E-state index is 12.4. The molecule has 4 nitrogen and oxygen atoms in total. The van der Waals surface area contributed by atoms with E-state index >= 15 is 0 Å². The van der Waals surface area contributed by atoms with E-state index in [-0.39, 0.29) is 5.75 Å². The van der Waals surface area contributed by atoms with Gasteiger partial charge in [0.2, 0.25) is 5.89 Å². The van der Waals surface area contributed by atoms with Crippen molar-refractivity contribution in [1.29, 1.82) is 0 Å². The highest BCUT2D eigenvalue weighted by atomic mass is 35.5. The third-order valence-electron chi connectivity index (χ3n) is 3.04. The lowest BCUT2D eigenvalue weighted by atomic mass is 10.2. The number of rotatable bonds is 6. The Morgan fingerprint density at radius 1 is 1.08 bits per heavy atom. The first-order valence-corrected chi connectivity index (χ1v) is 8.23. The topological polar surface area (TPSA) is 48.2 Å². The molecule has 0 saturated heterocycles. The molecule has 0 spiro atoms. The summed E-state index contributed by atoms with van der Waals surface area (Å²) in [6.45, 7) is -2.86. The van der Waals surface area contributed by atoms with Gasteiger partial charge in [-0.3, -0.25) is 0 Å². The summed E-state index contributed by atoms with van der Waals surface area (Å²) in [7, 11) is 0. The molecule has 0 amide bonds. The predicted molar refractivity (Wildman–Crippen MR) is 87.4 cm³/mol. The zero-order chi connectivity index (χ0) is 16.9. The van der Waals surface area contributed by atoms with Crippen LogP contribution < -0.4 is 4.74 Å². The van der Waals surface area contributed by atoms with E-state index in [4.69, 9.17) is 16.0 Å². The molecule has 1 heterocycles. The Labute approximate surface area is 145 Å². The van der Waals surface area contributed by atoms with Gasteiger partial charge in [0.05, 0.1) is 0 Å². The molecule has 24 heavy (non-hydrogen) atoms. The van der Waals surface area contributed by atoms with Crippen LogP contribution in [0.15, 0.2) is 58.2 Å². The van der Waals surface area contributed by atoms with Gasteiger partial charge in [0.25, 0.3) is 5.22 Å². The average molecular weight is 369 g/mol. The van der Waals surface area contributed by atoms with Crippen LogP contribution in [0, 0.1) is 0 Å². The second kappa shape index (κ2) is 7.63. The molecule has 8 heteroatoms. The molecule has 0 atom stereocenters. The van der Waals surface area contributed by atoms with Gasteiger partial charge in [-0.2, -0.15) is 8.78 Å². The monoisotopic (exact) mass is 368 g/mol. The lowest BCUT2D eigenvalue weighted by molar-refractivity contribution is -0.0503. The smallest absolute Gasteiger partial charge is 0.387 e. The van der Waals surface area contributed by atoms with Crippen molar-refractivity contribution in [2.45, 2.75) is 17.6 Å². The van der Waals surface area contributed by atoms with E-state index in [1.54, 1.807) is 42.5 Å². The predicted octanol–water partition coefficient (Wildman–Crippen LogP) is 5.28. The second-order valence-electron chi connectivity index (χ2n) is 4.65. The number of hydrogen-bond donors (Lipinski definition) is 0. The average Bonchev–Trinajstić information content (AvgIpc) is 3.03. The van der Waals surface area contributed by atoms with Gasteiger partial charge in [0, 0.05) is 21.9 Å². The molecule has 0 saturated carbocycles. The number of hydrogen-bond acceptors (Lipinski definition) is 5. The van der Waals surface area contributed by atoms with Gasteiger partial charge in [-0.1, -0.05) is 41.6 Å². The molecule has 3 rings (SSSR count). The van der Waals surface area contributed by atoms with Crippen molar-refractivity contribution in [3.63, 3.8) is 0 Å². The fourth-order valence-electron chi connectivity index (χ4n) is 1.95. The highest BCUT2D eigenvalue weighted by molar-refractivity contribution is 7.98. The third kappa shape index (κ3) is 4.24. The number of para-hydroxylation sites is 1. The van der Waals surface area contributed by atoms with Gasteiger partial charge in [0.15, 0.2) is 0 Å². The van der Waals surface area contributed by atoms with E-state index in [2.05, 4.69) is 14.9 Å². The fourth-order valence-corrected chi connectivity index (χ4v) is 2.83. The Hall–Kier alpha value is -2.12. The van der Waals surface area contributed by atoms with Crippen LogP contribution in [-0.4, -0.2) is 16.8 Å². The van der Waals surface area contributed by atoms with Crippen LogP contribution in [-0.2, 0) is 5.75 Å². The summed E-state index contributed by atoms with van der Waals surface area (Å²) in [5, 5.41) is 8.87. The van der Waals surface area contributed by atoms with Crippen LogP contribution in [0.5, 0.6) is 5.75 Å². The van der Waals surface area contributed by atoms with Gasteiger partial charge in [-0.25, -0.2) is 0 Å². The summed E-state index contributed by atoms with van der Waals surface area (Å²) in [5.41, 5.74) is 1.37. The Morgan fingerprint density at radius 2 is 1.83 bits per heavy atom. The van der Waals surface area contributed by atoms with E-state index in [1.807, 2.05) is 0 Å². The highest BCUT2D eigenvalue weighted by Crippen LogP contribution is 2.30. The Morgan fingerprint density at radius 3 is 2.58 bits per heavy atom. The first-order valence-electron chi connectivity index (χ1n) is 6.87. The second-order valence-corrected chi connectivity index (χ2v) is 6.02. The number of ether oxygens (including phenoxy) is 1. The molecule has 0 aliphatic rings. The van der Waals surface area contributed by atoms with Crippen LogP contribution in [0.25, 0.3) is 11.5 Å². The van der Waals surface area contributed by atoms with Gasteiger partial charge in [-0.05, 0) is 30.3 Å². The van der Waals surface area contributed by atoms with Crippen LogP contribution in [0.2, 0.25) is 5.02 Å². The lowest BCUT2D eigenvalue weighted by Crippen LogP contribution is -2.03. The Bertz CT molecular complexity index is 812. The number of nitrogens with zero attached hydrogens (tertiary/aromatic N) is 2. The fraction of sp³-hybridized carbons (Fsp3) is 0.125. The normalized spacial score (nSPS) is 11.0. The molecule has 2 aromatic carbocycles. The molecule has 0 radical (unpaired) electrons. The van der Waals surface area contributed by atoms with Crippen LogP contribution in [0.1, 0.15) is 5.56 Å². The van der Waals surface area contributed by atoms with Crippen LogP contribution >= 0.6 is 23.4 Å². The quantitative estimate of drug-likeness (QED) is 0.554. The third-order valence-corrected chi connectivity index (χ3v) is 4.16. The summed E-state index contributed by atoms with van der Waals surface area (Å²) in [5.74, 6) is 0.870. The Kier molecular flexibility index (Phi) is 5.32. The van der Waals surface area contributed by atoms with E-state index < -0.39 is 6.61 Å². The first-order chi connectivity index (χ1) is 11.6. The number of halogens is 3. The van der Waals surface area contributed by atoms with Crippen molar-refractivity contribution < 1.29 is 17.9 Å². The minimum absolute atomic E-state index is 0.137. The zero-order valence-electron chi connectivity index (χ0n) is 12.2. The first kappa shape index (κ1) is 16.7. The molecule has 0 bridgehead atoms. The standard InChI is InChI=1S/C16H11ClF2N2O2S/c17-12-7-5-10(6-8-12)14-20-21-16(23-14)24-9-11-3-1-2-4-13(11)22-15(18)19/h1-8,15H,9H2. The van der Waals surface area contributed by atoms with Gasteiger partial charge in [-0.15, -0.1) is 10.2 Å². The van der Waals surface area contributed by atoms with Gasteiger partial charge in [0.1, 0.15) is 5.75 Å². The van der Waals surface area contributed by atoms with Crippen molar-refractivity contribution in [3.8, 4) is 17.2 Å². The summed E-state index contributed by atoms with van der Waals surface area (Å²) in [4.78, 5) is 0. The van der Waals surface area contributed by atoms with Gasteiger partial charge >= 0.3 is 6.61 Å². The highest BCUT2D eigenvalue weighted by Gasteiger charge is 2.12. The summed E-state index contributed by atoms with van der Waals surface area (Å²) < 4.78 is 34.9. The summed E-state index contributed by atoms with van der Waals surface area (Å²) in [6, 6.07) is 13.6. The van der Waals surface area contributed by atoms with Gasteiger partial charge < -0.3 is 9.15 Å². The molecule has 0 N–H and O–H groups in total. The minimum atomic E-state index is -2.86. The largest absolute Gasteiger partial charge is 0.435 e. The maximum Gasteiger partial charge on any atom is 0.387 e. The van der Waals surface area contributed by atoms with Crippen molar-refractivity contribution in [1.82, 2.24) is 10.2 Å². The molecule has 0 unspecified atom stereocenters. The molecule has 0 aliphatic heterocycles. The number of benzene rings is 2. The van der Waals surface area contributed by atoms with E-state index in [0.717, 1.165) is 5.56 Å². The van der Waals surface area contributed by atoms with Crippen molar-refractivity contribution >= 4 is 23.4 Å².